The van der Waals surface area contributed by atoms with Crippen LogP contribution in [0, 0.1) is 6.92 Å². The fourth-order valence-corrected chi connectivity index (χ4v) is 2.31. The number of carbonyl (C=O) groups excluding carboxylic acids is 2. The van der Waals surface area contributed by atoms with E-state index in [1.807, 2.05) is 44.2 Å². The Hall–Kier alpha value is -3.01. The molecule has 4 nitrogen and oxygen atoms in total. The number of hydrogen-bond acceptors (Lipinski definition) is 3. The Kier molecular flexibility index (Phi) is 7.49. The summed E-state index contributed by atoms with van der Waals surface area (Å²) in [5.74, 6) is -0.404. The minimum atomic E-state index is -0.328. The van der Waals surface area contributed by atoms with Crippen molar-refractivity contribution in [2.45, 2.75) is 33.1 Å². The second-order valence-electron chi connectivity index (χ2n) is 6.10. The van der Waals surface area contributed by atoms with Crippen LogP contribution < -0.4 is 5.32 Å². The Morgan fingerprint density at radius 3 is 2.54 bits per heavy atom. The molecule has 2 aromatic rings. The smallest absolute Gasteiger partial charge is 0.248 e. The van der Waals surface area contributed by atoms with Crippen LogP contribution in [0.4, 0.5) is 0 Å². The molecule has 0 radical (unpaired) electrons. The lowest BCUT2D eigenvalue weighted by Gasteiger charge is -2.07. The van der Waals surface area contributed by atoms with Gasteiger partial charge in [-0.2, -0.15) is 0 Å². The van der Waals surface area contributed by atoms with Crippen LogP contribution in [-0.2, 0) is 9.59 Å². The molecule has 134 valence electrons. The van der Waals surface area contributed by atoms with E-state index in [9.17, 15) is 9.59 Å². The summed E-state index contributed by atoms with van der Waals surface area (Å²) in [6.45, 7) is 4.04. The maximum atomic E-state index is 12.4. The maximum Gasteiger partial charge on any atom is 0.248 e. The van der Waals surface area contributed by atoms with Crippen LogP contribution in [0.15, 0.2) is 60.6 Å². The number of unbranched alkanes of at least 4 members (excludes halogenated alkanes) is 1. The zero-order valence-corrected chi connectivity index (χ0v) is 15.2. The van der Waals surface area contributed by atoms with Crippen molar-refractivity contribution in [2.75, 3.05) is 0 Å². The number of hydrogen-bond donors (Lipinski definition) is 1. The molecule has 1 N–H and O–H groups in total. The Labute approximate surface area is 154 Å². The molecule has 0 saturated carbocycles. The van der Waals surface area contributed by atoms with Gasteiger partial charge in [0, 0.05) is 24.9 Å². The highest BCUT2D eigenvalue weighted by Crippen LogP contribution is 2.09. The van der Waals surface area contributed by atoms with Gasteiger partial charge in [0.1, 0.15) is 0 Å². The second kappa shape index (κ2) is 10.1. The summed E-state index contributed by atoms with van der Waals surface area (Å²) in [6.07, 6.45) is 10.3. The molecule has 0 aliphatic carbocycles. The van der Waals surface area contributed by atoms with E-state index in [-0.39, 0.29) is 11.7 Å². The third kappa shape index (κ3) is 6.48. The van der Waals surface area contributed by atoms with Crippen molar-refractivity contribution >= 4 is 23.8 Å². The van der Waals surface area contributed by atoms with Crippen molar-refractivity contribution in [3.8, 4) is 0 Å². The fraction of sp³-hybridized carbons (Fsp3) is 0.227. The first-order valence-corrected chi connectivity index (χ1v) is 8.79. The van der Waals surface area contributed by atoms with Crippen molar-refractivity contribution in [3.05, 3.63) is 77.3 Å². The standard InChI is InChI=1S/C22H24N2O2/c1-3-4-7-21(25)20(15-19-6-5-14-23-16-19)24-22(26)13-12-18-10-8-17(2)9-11-18/h5-6,8-16H,3-4,7H2,1-2H3,(H,24,26)/b13-12+,20-15-. The van der Waals surface area contributed by atoms with Crippen LogP contribution in [0.25, 0.3) is 12.2 Å². The molecule has 0 spiro atoms. The van der Waals surface area contributed by atoms with Gasteiger partial charge in [0.2, 0.25) is 5.91 Å². The van der Waals surface area contributed by atoms with Crippen LogP contribution in [0.1, 0.15) is 42.9 Å². The minimum absolute atomic E-state index is 0.0761. The molecular formula is C22H24N2O2. The van der Waals surface area contributed by atoms with Gasteiger partial charge in [-0.3, -0.25) is 14.6 Å². The average Bonchev–Trinajstić information content (AvgIpc) is 2.66. The van der Waals surface area contributed by atoms with E-state index in [2.05, 4.69) is 10.3 Å². The lowest BCUT2D eigenvalue weighted by Crippen LogP contribution is -2.25. The lowest BCUT2D eigenvalue weighted by atomic mass is 10.1. The van der Waals surface area contributed by atoms with Crippen LogP contribution in [0.3, 0.4) is 0 Å². The molecule has 0 aliphatic heterocycles. The molecule has 0 fully saturated rings. The molecule has 0 aliphatic rings. The monoisotopic (exact) mass is 348 g/mol. The number of aryl methyl sites for hydroxylation is 1. The molecule has 1 aromatic carbocycles. The van der Waals surface area contributed by atoms with Gasteiger partial charge in [-0.05, 0) is 42.7 Å². The number of carbonyl (C=O) groups is 2. The third-order valence-corrected chi connectivity index (χ3v) is 3.82. The maximum absolute atomic E-state index is 12.4. The highest BCUT2D eigenvalue weighted by atomic mass is 16.2. The first-order valence-electron chi connectivity index (χ1n) is 8.79. The van der Waals surface area contributed by atoms with Crippen molar-refractivity contribution in [1.29, 1.82) is 0 Å². The van der Waals surface area contributed by atoms with Gasteiger partial charge in [-0.25, -0.2) is 0 Å². The van der Waals surface area contributed by atoms with E-state index >= 15 is 0 Å². The number of nitrogens with zero attached hydrogens (tertiary/aromatic N) is 1. The number of nitrogens with one attached hydrogen (secondary N) is 1. The Balaban J connectivity index is 2.12. The van der Waals surface area contributed by atoms with Gasteiger partial charge in [0.25, 0.3) is 0 Å². The molecule has 1 heterocycles. The van der Waals surface area contributed by atoms with E-state index in [4.69, 9.17) is 0 Å². The number of pyridine rings is 1. The third-order valence-electron chi connectivity index (χ3n) is 3.82. The number of allylic oxidation sites excluding steroid dienone is 1. The molecule has 1 amide bonds. The Morgan fingerprint density at radius 1 is 1.12 bits per heavy atom. The summed E-state index contributed by atoms with van der Waals surface area (Å²) < 4.78 is 0. The number of rotatable bonds is 8. The summed E-state index contributed by atoms with van der Waals surface area (Å²) in [5, 5.41) is 2.71. The van der Waals surface area contributed by atoms with Crippen LogP contribution in [0.2, 0.25) is 0 Å². The van der Waals surface area contributed by atoms with Crippen molar-refractivity contribution in [1.82, 2.24) is 10.3 Å². The van der Waals surface area contributed by atoms with Gasteiger partial charge in [-0.15, -0.1) is 0 Å². The quantitative estimate of drug-likeness (QED) is 0.723. The van der Waals surface area contributed by atoms with Gasteiger partial charge < -0.3 is 5.32 Å². The van der Waals surface area contributed by atoms with E-state index in [0.29, 0.717) is 12.1 Å². The highest BCUT2D eigenvalue weighted by molar-refractivity contribution is 6.05. The molecule has 26 heavy (non-hydrogen) atoms. The SMILES string of the molecule is CCCCC(=O)/C(=C/c1cccnc1)NC(=O)/C=C/c1ccc(C)cc1. The molecule has 1 aromatic heterocycles. The summed E-state index contributed by atoms with van der Waals surface area (Å²) in [4.78, 5) is 28.7. The molecule has 0 unspecified atom stereocenters. The van der Waals surface area contributed by atoms with Crippen molar-refractivity contribution < 1.29 is 9.59 Å². The van der Waals surface area contributed by atoms with E-state index in [1.165, 1.54) is 6.08 Å². The second-order valence-corrected chi connectivity index (χ2v) is 6.10. The number of amides is 1. The summed E-state index contributed by atoms with van der Waals surface area (Å²) in [5.41, 5.74) is 3.16. The van der Waals surface area contributed by atoms with Gasteiger partial charge >= 0.3 is 0 Å². The van der Waals surface area contributed by atoms with Crippen molar-refractivity contribution in [3.63, 3.8) is 0 Å². The molecular weight excluding hydrogens is 324 g/mol. The number of ketones is 1. The fourth-order valence-electron chi connectivity index (χ4n) is 2.31. The number of Topliss-reactive ketones (excluding diaryl/α,β-unsaturated/α-hetero) is 1. The molecule has 0 bridgehead atoms. The van der Waals surface area contributed by atoms with Crippen LogP contribution in [0.5, 0.6) is 0 Å². The van der Waals surface area contributed by atoms with Crippen LogP contribution in [-0.4, -0.2) is 16.7 Å². The highest BCUT2D eigenvalue weighted by Gasteiger charge is 2.11. The van der Waals surface area contributed by atoms with Crippen molar-refractivity contribution in [2.24, 2.45) is 0 Å². The molecule has 4 heteroatoms. The molecule has 2 rings (SSSR count). The zero-order chi connectivity index (χ0) is 18.8. The first kappa shape index (κ1) is 19.3. The topological polar surface area (TPSA) is 59.1 Å². The molecule has 0 atom stereocenters. The predicted octanol–water partition coefficient (Wildman–Crippen LogP) is 4.32. The first-order chi connectivity index (χ1) is 12.6. The Morgan fingerprint density at radius 2 is 1.88 bits per heavy atom. The number of aromatic nitrogens is 1. The van der Waals surface area contributed by atoms with Gasteiger partial charge in [-0.1, -0.05) is 49.2 Å². The number of benzene rings is 1. The van der Waals surface area contributed by atoms with E-state index in [1.54, 1.807) is 30.6 Å². The predicted molar refractivity (Wildman–Crippen MR) is 105 cm³/mol. The summed E-state index contributed by atoms with van der Waals surface area (Å²) in [7, 11) is 0. The summed E-state index contributed by atoms with van der Waals surface area (Å²) >= 11 is 0. The Bertz CT molecular complexity index is 791. The van der Waals surface area contributed by atoms with Crippen LogP contribution >= 0.6 is 0 Å². The largest absolute Gasteiger partial charge is 0.319 e. The van der Waals surface area contributed by atoms with Gasteiger partial charge in [0.15, 0.2) is 5.78 Å². The van der Waals surface area contributed by atoms with Gasteiger partial charge in [0.05, 0.1) is 5.70 Å². The zero-order valence-electron chi connectivity index (χ0n) is 15.2. The lowest BCUT2D eigenvalue weighted by molar-refractivity contribution is -0.120. The molecule has 0 saturated heterocycles. The van der Waals surface area contributed by atoms with E-state index in [0.717, 1.165) is 29.5 Å². The minimum Gasteiger partial charge on any atom is -0.319 e. The van der Waals surface area contributed by atoms with E-state index < -0.39 is 0 Å². The summed E-state index contributed by atoms with van der Waals surface area (Å²) in [6, 6.07) is 11.5. The normalized spacial score (nSPS) is 11.5. The average molecular weight is 348 g/mol.